The number of allylic oxidation sites excluding steroid dienone is 1. The Labute approximate surface area is 109 Å². The molecule has 0 radical (unpaired) electrons. The van der Waals surface area contributed by atoms with Gasteiger partial charge in [-0.1, -0.05) is 37.3 Å². The molecule has 0 N–H and O–H groups in total. The molecule has 1 aliphatic rings. The van der Waals surface area contributed by atoms with Gasteiger partial charge < -0.3 is 0 Å². The minimum Gasteiger partial charge on any atom is -0.204 e. The van der Waals surface area contributed by atoms with Crippen molar-refractivity contribution in [2.24, 2.45) is 0 Å². The number of fused-ring (bicyclic) bond motifs is 1. The molecule has 1 unspecified atom stereocenters. The summed E-state index contributed by atoms with van der Waals surface area (Å²) in [5.41, 5.74) is 2.87. The van der Waals surface area contributed by atoms with E-state index in [0.717, 1.165) is 17.2 Å². The van der Waals surface area contributed by atoms with E-state index in [2.05, 4.69) is 0 Å². The number of hydrogen-bond acceptors (Lipinski definition) is 0. The first-order chi connectivity index (χ1) is 9.09. The van der Waals surface area contributed by atoms with Gasteiger partial charge in [0.2, 0.25) is 0 Å². The largest absolute Gasteiger partial charge is 0.204 e. The Bertz CT molecular complexity index is 686. The maximum absolute atomic E-state index is 13.9. The van der Waals surface area contributed by atoms with E-state index in [1.165, 1.54) is 6.07 Å². The van der Waals surface area contributed by atoms with Gasteiger partial charge in [0.15, 0.2) is 17.5 Å². The van der Waals surface area contributed by atoms with Crippen molar-refractivity contribution < 1.29 is 13.2 Å². The molecule has 2 aromatic carbocycles. The van der Waals surface area contributed by atoms with Crippen LogP contribution in [0.1, 0.15) is 29.5 Å². The SMILES string of the molecule is CC1C(c2ccc(F)c(F)c2F)=Cc2ccccc21. The second-order valence-electron chi connectivity index (χ2n) is 4.67. The van der Waals surface area contributed by atoms with Gasteiger partial charge in [0.05, 0.1) is 0 Å². The highest BCUT2D eigenvalue weighted by atomic mass is 19.2. The van der Waals surface area contributed by atoms with Crippen molar-refractivity contribution in [1.82, 2.24) is 0 Å². The Morgan fingerprint density at radius 2 is 1.63 bits per heavy atom. The number of benzene rings is 2. The zero-order chi connectivity index (χ0) is 13.6. The molecule has 0 saturated carbocycles. The zero-order valence-corrected chi connectivity index (χ0v) is 10.3. The smallest absolute Gasteiger partial charge is 0.195 e. The zero-order valence-electron chi connectivity index (χ0n) is 10.3. The van der Waals surface area contributed by atoms with Crippen molar-refractivity contribution in [3.63, 3.8) is 0 Å². The number of halogens is 3. The molecule has 0 fully saturated rings. The van der Waals surface area contributed by atoms with Crippen molar-refractivity contribution in [1.29, 1.82) is 0 Å². The van der Waals surface area contributed by atoms with Crippen molar-refractivity contribution in [2.45, 2.75) is 12.8 Å². The fourth-order valence-electron chi connectivity index (χ4n) is 2.56. The van der Waals surface area contributed by atoms with Gasteiger partial charge >= 0.3 is 0 Å². The molecule has 0 nitrogen and oxygen atoms in total. The Hall–Kier alpha value is -2.03. The van der Waals surface area contributed by atoms with E-state index in [1.54, 1.807) is 0 Å². The number of rotatable bonds is 1. The molecule has 0 spiro atoms. The molecule has 19 heavy (non-hydrogen) atoms. The maximum Gasteiger partial charge on any atom is 0.195 e. The van der Waals surface area contributed by atoms with Crippen LogP contribution in [-0.4, -0.2) is 0 Å². The molecule has 0 heterocycles. The molecule has 0 bridgehead atoms. The third-order valence-electron chi connectivity index (χ3n) is 3.59. The third-order valence-corrected chi connectivity index (χ3v) is 3.59. The first-order valence-corrected chi connectivity index (χ1v) is 6.04. The molecule has 0 saturated heterocycles. The van der Waals surface area contributed by atoms with Crippen LogP contribution in [0.25, 0.3) is 11.6 Å². The maximum atomic E-state index is 13.9. The standard InChI is InChI=1S/C16H11F3/c1-9-11-5-3-2-4-10(11)8-13(9)12-6-7-14(17)16(19)15(12)18/h2-9H,1H3. The third kappa shape index (κ3) is 1.77. The molecule has 0 aromatic heterocycles. The normalized spacial score (nSPS) is 17.3. The van der Waals surface area contributed by atoms with Crippen molar-refractivity contribution >= 4 is 11.6 Å². The highest BCUT2D eigenvalue weighted by molar-refractivity contribution is 5.91. The molecule has 96 valence electrons. The summed E-state index contributed by atoms with van der Waals surface area (Å²) in [6.45, 7) is 1.93. The average molecular weight is 260 g/mol. The summed E-state index contributed by atoms with van der Waals surface area (Å²) in [6.07, 6.45) is 1.83. The Balaban J connectivity index is 2.14. The van der Waals surface area contributed by atoms with Gasteiger partial charge in [0.1, 0.15) is 0 Å². The number of hydrogen-bond donors (Lipinski definition) is 0. The Morgan fingerprint density at radius 1 is 0.895 bits per heavy atom. The van der Waals surface area contributed by atoms with Gasteiger partial charge in [-0.25, -0.2) is 13.2 Å². The van der Waals surface area contributed by atoms with Gasteiger partial charge in [-0.3, -0.25) is 0 Å². The van der Waals surface area contributed by atoms with Crippen LogP contribution in [0.5, 0.6) is 0 Å². The summed E-state index contributed by atoms with van der Waals surface area (Å²) >= 11 is 0. The quantitative estimate of drug-likeness (QED) is 0.648. The van der Waals surface area contributed by atoms with Gasteiger partial charge in [-0.2, -0.15) is 0 Å². The Morgan fingerprint density at radius 3 is 2.37 bits per heavy atom. The summed E-state index contributed by atoms with van der Waals surface area (Å²) in [7, 11) is 0. The molecule has 0 aliphatic heterocycles. The first-order valence-electron chi connectivity index (χ1n) is 6.04. The highest BCUT2D eigenvalue weighted by Crippen LogP contribution is 2.42. The van der Waals surface area contributed by atoms with Crippen LogP contribution >= 0.6 is 0 Å². The second-order valence-corrected chi connectivity index (χ2v) is 4.67. The van der Waals surface area contributed by atoms with Gasteiger partial charge in [-0.05, 0) is 28.8 Å². The molecule has 0 amide bonds. The highest BCUT2D eigenvalue weighted by Gasteiger charge is 2.25. The van der Waals surface area contributed by atoms with E-state index in [4.69, 9.17) is 0 Å². The van der Waals surface area contributed by atoms with Crippen LogP contribution in [0.2, 0.25) is 0 Å². The minimum atomic E-state index is -1.42. The lowest BCUT2D eigenvalue weighted by atomic mass is 9.93. The van der Waals surface area contributed by atoms with Crippen LogP contribution in [-0.2, 0) is 0 Å². The Kier molecular flexibility index (Phi) is 2.70. The van der Waals surface area contributed by atoms with Crippen LogP contribution in [0.4, 0.5) is 13.2 Å². The summed E-state index contributed by atoms with van der Waals surface area (Å²) in [5.74, 6) is -3.73. The predicted molar refractivity (Wildman–Crippen MR) is 69.0 cm³/mol. The molecular formula is C16H11F3. The predicted octanol–water partition coefficient (Wildman–Crippen LogP) is 4.76. The van der Waals surface area contributed by atoms with Gasteiger partial charge in [0.25, 0.3) is 0 Å². The minimum absolute atomic E-state index is 0.0319. The average Bonchev–Trinajstić information content (AvgIpc) is 2.74. The summed E-state index contributed by atoms with van der Waals surface area (Å²) in [4.78, 5) is 0. The monoisotopic (exact) mass is 260 g/mol. The van der Waals surface area contributed by atoms with Crippen molar-refractivity contribution in [3.05, 3.63) is 70.5 Å². The van der Waals surface area contributed by atoms with E-state index in [1.807, 2.05) is 37.3 Å². The fraction of sp³-hybridized carbons (Fsp3) is 0.125. The molecule has 1 aliphatic carbocycles. The van der Waals surface area contributed by atoms with Crippen LogP contribution in [0, 0.1) is 17.5 Å². The summed E-state index contributed by atoms with van der Waals surface area (Å²) < 4.78 is 40.2. The lowest BCUT2D eigenvalue weighted by molar-refractivity contribution is 0.445. The van der Waals surface area contributed by atoms with Crippen molar-refractivity contribution in [3.8, 4) is 0 Å². The summed E-state index contributed by atoms with van der Waals surface area (Å²) in [5, 5.41) is 0. The molecular weight excluding hydrogens is 249 g/mol. The van der Waals surface area contributed by atoms with Crippen LogP contribution < -0.4 is 0 Å². The van der Waals surface area contributed by atoms with E-state index >= 15 is 0 Å². The second kappa shape index (κ2) is 4.26. The molecule has 2 aromatic rings. The van der Waals surface area contributed by atoms with Crippen LogP contribution in [0.3, 0.4) is 0 Å². The lowest BCUT2D eigenvalue weighted by Crippen LogP contribution is -2.00. The van der Waals surface area contributed by atoms with Crippen molar-refractivity contribution in [2.75, 3.05) is 0 Å². The summed E-state index contributed by atoms with van der Waals surface area (Å²) in [6, 6.07) is 9.95. The van der Waals surface area contributed by atoms with E-state index in [9.17, 15) is 13.2 Å². The van der Waals surface area contributed by atoms with E-state index < -0.39 is 17.5 Å². The van der Waals surface area contributed by atoms with Gasteiger partial charge in [-0.15, -0.1) is 0 Å². The lowest BCUT2D eigenvalue weighted by Gasteiger charge is -2.12. The van der Waals surface area contributed by atoms with Crippen LogP contribution in [0.15, 0.2) is 36.4 Å². The molecule has 3 heteroatoms. The molecule has 1 atom stereocenters. The van der Waals surface area contributed by atoms with E-state index in [-0.39, 0.29) is 11.5 Å². The first kappa shape index (κ1) is 12.0. The van der Waals surface area contributed by atoms with E-state index in [0.29, 0.717) is 5.57 Å². The van der Waals surface area contributed by atoms with Gasteiger partial charge in [0, 0.05) is 11.5 Å². The molecule has 3 rings (SSSR count). The fourth-order valence-corrected chi connectivity index (χ4v) is 2.56. The topological polar surface area (TPSA) is 0 Å².